The lowest BCUT2D eigenvalue weighted by molar-refractivity contribution is -0.170. The molecule has 1 aromatic rings. The van der Waals surface area contributed by atoms with Gasteiger partial charge in [0.05, 0.1) is 12.2 Å². The van der Waals surface area contributed by atoms with Crippen molar-refractivity contribution in [1.82, 2.24) is 0 Å². The molecule has 0 bridgehead atoms. The van der Waals surface area contributed by atoms with Gasteiger partial charge in [0.1, 0.15) is 0 Å². The van der Waals surface area contributed by atoms with Crippen LogP contribution < -0.4 is 4.90 Å². The van der Waals surface area contributed by atoms with Crippen molar-refractivity contribution in [3.63, 3.8) is 0 Å². The molecule has 1 amide bonds. The summed E-state index contributed by atoms with van der Waals surface area (Å²) in [6.07, 6.45) is -5.01. The Morgan fingerprint density at radius 2 is 1.80 bits per heavy atom. The predicted octanol–water partition coefficient (Wildman–Crippen LogP) is 1.93. The lowest BCUT2D eigenvalue weighted by atomic mass is 10.2. The quantitative estimate of drug-likeness (QED) is 0.900. The van der Waals surface area contributed by atoms with Crippen LogP contribution in [0.3, 0.4) is 0 Å². The number of anilines is 1. The number of carboxylic acid groups (broad SMARTS) is 1. The van der Waals surface area contributed by atoms with Crippen LogP contribution in [-0.2, 0) is 9.53 Å². The first-order valence-electron chi connectivity index (χ1n) is 5.48. The fourth-order valence-corrected chi connectivity index (χ4v) is 1.47. The summed E-state index contributed by atoms with van der Waals surface area (Å²) in [7, 11) is 1.30. The van der Waals surface area contributed by atoms with Gasteiger partial charge in [0.2, 0.25) is 0 Å². The van der Waals surface area contributed by atoms with Crippen LogP contribution in [0, 0.1) is 0 Å². The van der Waals surface area contributed by atoms with Crippen LogP contribution in [0.15, 0.2) is 24.3 Å². The van der Waals surface area contributed by atoms with Gasteiger partial charge in [-0.25, -0.2) is 4.79 Å². The third kappa shape index (κ3) is 3.95. The maximum absolute atomic E-state index is 12.5. The Kier molecular flexibility index (Phi) is 5.09. The first kappa shape index (κ1) is 16.0. The third-order valence-corrected chi connectivity index (χ3v) is 2.43. The van der Waals surface area contributed by atoms with E-state index in [0.29, 0.717) is 4.90 Å². The number of carbonyl (C=O) groups excluding carboxylic acids is 1. The van der Waals surface area contributed by atoms with E-state index >= 15 is 0 Å². The average Bonchev–Trinajstić information content (AvgIpc) is 2.38. The van der Waals surface area contributed by atoms with E-state index in [4.69, 9.17) is 5.11 Å². The second-order valence-corrected chi connectivity index (χ2v) is 3.80. The van der Waals surface area contributed by atoms with Gasteiger partial charge in [-0.15, -0.1) is 0 Å². The van der Waals surface area contributed by atoms with Crippen molar-refractivity contribution in [2.45, 2.75) is 6.18 Å². The molecule has 0 atom stereocenters. The van der Waals surface area contributed by atoms with Gasteiger partial charge in [-0.1, -0.05) is 0 Å². The van der Waals surface area contributed by atoms with Crippen LogP contribution in [0.4, 0.5) is 18.9 Å². The van der Waals surface area contributed by atoms with Crippen LogP contribution in [0.2, 0.25) is 0 Å². The summed E-state index contributed by atoms with van der Waals surface area (Å²) in [4.78, 5) is 22.5. The molecule has 0 heterocycles. The fourth-order valence-electron chi connectivity index (χ4n) is 1.47. The highest BCUT2D eigenvalue weighted by Crippen LogP contribution is 2.24. The van der Waals surface area contributed by atoms with E-state index in [0.717, 1.165) is 24.3 Å². The summed E-state index contributed by atoms with van der Waals surface area (Å²) < 4.78 is 42.1. The van der Waals surface area contributed by atoms with Crippen molar-refractivity contribution >= 4 is 17.6 Å². The maximum Gasteiger partial charge on any atom is 0.471 e. The van der Waals surface area contributed by atoms with Gasteiger partial charge in [-0.3, -0.25) is 4.79 Å². The van der Waals surface area contributed by atoms with Crippen LogP contribution in [-0.4, -0.2) is 43.4 Å². The number of methoxy groups -OCH3 is 1. The SMILES string of the molecule is COCCN(C(=O)C(F)(F)F)c1ccc(C(=O)O)cc1. The molecule has 1 N–H and O–H groups in total. The number of hydrogen-bond donors (Lipinski definition) is 1. The van der Waals surface area contributed by atoms with E-state index in [1.54, 1.807) is 0 Å². The van der Waals surface area contributed by atoms with Crippen molar-refractivity contribution in [2.75, 3.05) is 25.2 Å². The molecule has 8 heteroatoms. The zero-order valence-corrected chi connectivity index (χ0v) is 10.5. The molecule has 1 rings (SSSR count). The van der Waals surface area contributed by atoms with Gasteiger partial charge in [0.15, 0.2) is 0 Å². The van der Waals surface area contributed by atoms with E-state index in [-0.39, 0.29) is 24.4 Å². The Morgan fingerprint density at radius 3 is 2.20 bits per heavy atom. The Morgan fingerprint density at radius 1 is 1.25 bits per heavy atom. The molecule has 0 radical (unpaired) electrons. The number of aromatic carboxylic acids is 1. The molecule has 20 heavy (non-hydrogen) atoms. The van der Waals surface area contributed by atoms with E-state index in [1.165, 1.54) is 7.11 Å². The zero-order chi connectivity index (χ0) is 15.3. The molecular weight excluding hydrogens is 279 g/mol. The molecule has 0 saturated heterocycles. The first-order valence-corrected chi connectivity index (χ1v) is 5.48. The van der Waals surface area contributed by atoms with E-state index in [2.05, 4.69) is 4.74 Å². The standard InChI is InChI=1S/C12H12F3NO4/c1-20-7-6-16(11(19)12(13,14)15)9-4-2-8(3-5-9)10(17)18/h2-5H,6-7H2,1H3,(H,17,18). The average molecular weight is 291 g/mol. The lowest BCUT2D eigenvalue weighted by Gasteiger charge is -2.23. The number of halogens is 3. The molecule has 0 spiro atoms. The van der Waals surface area contributed by atoms with Crippen LogP contribution >= 0.6 is 0 Å². The number of hydrogen-bond acceptors (Lipinski definition) is 3. The molecule has 0 fully saturated rings. The summed E-state index contributed by atoms with van der Waals surface area (Å²) in [6.45, 7) is -0.371. The Bertz CT molecular complexity index is 484. The highest BCUT2D eigenvalue weighted by Gasteiger charge is 2.42. The molecule has 0 aliphatic heterocycles. The maximum atomic E-state index is 12.5. The topological polar surface area (TPSA) is 66.8 Å². The van der Waals surface area contributed by atoms with Crippen molar-refractivity contribution in [3.05, 3.63) is 29.8 Å². The monoisotopic (exact) mass is 291 g/mol. The van der Waals surface area contributed by atoms with Gasteiger partial charge in [-0.2, -0.15) is 13.2 Å². The number of carbonyl (C=O) groups is 2. The van der Waals surface area contributed by atoms with E-state index < -0.39 is 18.1 Å². The van der Waals surface area contributed by atoms with E-state index in [1.807, 2.05) is 0 Å². The number of ether oxygens (including phenoxy) is 1. The molecule has 0 unspecified atom stereocenters. The van der Waals surface area contributed by atoms with Gasteiger partial charge < -0.3 is 14.7 Å². The van der Waals surface area contributed by atoms with Crippen LogP contribution in [0.5, 0.6) is 0 Å². The minimum atomic E-state index is -5.01. The molecule has 0 saturated carbocycles. The Labute approximate surface area is 112 Å². The summed E-state index contributed by atoms with van der Waals surface area (Å²) in [5.41, 5.74) is -0.130. The van der Waals surface area contributed by atoms with Gasteiger partial charge in [-0.05, 0) is 24.3 Å². The number of rotatable bonds is 5. The minimum absolute atomic E-state index is 0.0469. The Balaban J connectivity index is 3.04. The number of amides is 1. The Hall–Kier alpha value is -2.09. The number of carboxylic acids is 1. The van der Waals surface area contributed by atoms with Gasteiger partial charge in [0.25, 0.3) is 0 Å². The second kappa shape index (κ2) is 6.38. The highest BCUT2D eigenvalue weighted by molar-refractivity contribution is 5.97. The summed E-state index contributed by atoms with van der Waals surface area (Å²) in [5, 5.41) is 8.71. The summed E-state index contributed by atoms with van der Waals surface area (Å²) in [5.74, 6) is -3.24. The first-order chi connectivity index (χ1) is 9.27. The smallest absolute Gasteiger partial charge is 0.471 e. The lowest BCUT2D eigenvalue weighted by Crippen LogP contribution is -2.43. The molecule has 0 aliphatic rings. The van der Waals surface area contributed by atoms with Crippen LogP contribution in [0.1, 0.15) is 10.4 Å². The molecule has 0 aromatic heterocycles. The third-order valence-electron chi connectivity index (χ3n) is 2.43. The zero-order valence-electron chi connectivity index (χ0n) is 10.5. The molecule has 1 aromatic carbocycles. The molecule has 5 nitrogen and oxygen atoms in total. The van der Waals surface area contributed by atoms with Gasteiger partial charge >= 0.3 is 18.1 Å². The molecular formula is C12H12F3NO4. The summed E-state index contributed by atoms with van der Waals surface area (Å²) in [6, 6.07) is 4.54. The molecule has 110 valence electrons. The number of nitrogens with zero attached hydrogens (tertiary/aromatic N) is 1. The van der Waals surface area contributed by atoms with Crippen LogP contribution in [0.25, 0.3) is 0 Å². The largest absolute Gasteiger partial charge is 0.478 e. The van der Waals surface area contributed by atoms with E-state index in [9.17, 15) is 22.8 Å². The minimum Gasteiger partial charge on any atom is -0.478 e. The number of alkyl halides is 3. The van der Waals surface area contributed by atoms with Crippen molar-refractivity contribution in [1.29, 1.82) is 0 Å². The number of benzene rings is 1. The second-order valence-electron chi connectivity index (χ2n) is 3.80. The normalized spacial score (nSPS) is 11.2. The molecule has 0 aliphatic carbocycles. The van der Waals surface area contributed by atoms with Crippen molar-refractivity contribution < 1.29 is 32.6 Å². The fraction of sp³-hybridized carbons (Fsp3) is 0.333. The summed E-state index contributed by atoms with van der Waals surface area (Å²) >= 11 is 0. The van der Waals surface area contributed by atoms with Gasteiger partial charge in [0, 0.05) is 19.3 Å². The highest BCUT2D eigenvalue weighted by atomic mass is 19.4. The van der Waals surface area contributed by atoms with Crippen molar-refractivity contribution in [2.24, 2.45) is 0 Å². The predicted molar refractivity (Wildman–Crippen MR) is 63.7 cm³/mol. The van der Waals surface area contributed by atoms with Crippen molar-refractivity contribution in [3.8, 4) is 0 Å².